The van der Waals surface area contributed by atoms with Crippen LogP contribution in [-0.4, -0.2) is 25.5 Å². The average Bonchev–Trinajstić information content (AvgIpc) is 2.62. The number of fused-ring (bicyclic) bond motifs is 1. The smallest absolute Gasteiger partial charge is 0.319 e. The number of ether oxygens (including phenoxy) is 1. The number of hydrogen-bond donors (Lipinski definition) is 2. The highest BCUT2D eigenvalue weighted by molar-refractivity contribution is 6.02. The van der Waals surface area contributed by atoms with Gasteiger partial charge in [0.25, 0.3) is 0 Å². The molecule has 0 spiro atoms. The molecule has 84 valence electrons. The summed E-state index contributed by atoms with van der Waals surface area (Å²) in [6.07, 6.45) is 0. The van der Waals surface area contributed by atoms with Crippen molar-refractivity contribution in [1.29, 1.82) is 0 Å². The van der Waals surface area contributed by atoms with Crippen molar-refractivity contribution in [3.05, 3.63) is 29.8 Å². The Labute approximate surface area is 92.8 Å². The number of benzene rings is 1. The molecule has 0 aromatic heterocycles. The van der Waals surface area contributed by atoms with Gasteiger partial charge in [0.15, 0.2) is 0 Å². The van der Waals surface area contributed by atoms with E-state index in [2.05, 4.69) is 15.4 Å². The highest BCUT2D eigenvalue weighted by atomic mass is 16.5. The summed E-state index contributed by atoms with van der Waals surface area (Å²) in [5.41, 5.74) is 1.64. The minimum atomic E-state index is -0.477. The van der Waals surface area contributed by atoms with E-state index in [9.17, 15) is 9.59 Å². The molecular weight excluding hydrogens is 208 g/mol. The van der Waals surface area contributed by atoms with Crippen LogP contribution in [-0.2, 0) is 14.3 Å². The number of methoxy groups -OCH3 is 1. The molecule has 5 heteroatoms. The van der Waals surface area contributed by atoms with Crippen LogP contribution in [0, 0.1) is 0 Å². The van der Waals surface area contributed by atoms with Crippen LogP contribution in [0.1, 0.15) is 11.6 Å². The third-order valence-corrected chi connectivity index (χ3v) is 2.47. The standard InChI is InChI=1S/C11H12N2O3/c1-16-9(14)6-12-10-7-4-2-3-5-8(7)13-11(10)15/h2-5,10,12H,6H2,1H3,(H,13,15). The largest absolute Gasteiger partial charge is 0.468 e. The summed E-state index contributed by atoms with van der Waals surface area (Å²) in [6, 6.07) is 6.90. The Morgan fingerprint density at radius 2 is 2.25 bits per heavy atom. The van der Waals surface area contributed by atoms with Crippen molar-refractivity contribution >= 4 is 17.6 Å². The number of hydrogen-bond acceptors (Lipinski definition) is 4. The van der Waals surface area contributed by atoms with Crippen LogP contribution in [0.15, 0.2) is 24.3 Å². The summed E-state index contributed by atoms with van der Waals surface area (Å²) >= 11 is 0. The molecule has 0 fully saturated rings. The van der Waals surface area contributed by atoms with E-state index in [0.717, 1.165) is 11.3 Å². The molecule has 0 saturated carbocycles. The minimum Gasteiger partial charge on any atom is -0.468 e. The molecule has 1 amide bonds. The van der Waals surface area contributed by atoms with Crippen molar-refractivity contribution in [3.8, 4) is 0 Å². The van der Waals surface area contributed by atoms with Gasteiger partial charge in [0.05, 0.1) is 13.7 Å². The Bertz CT molecular complexity index is 431. The van der Waals surface area contributed by atoms with Crippen LogP contribution in [0.2, 0.25) is 0 Å². The van der Waals surface area contributed by atoms with Gasteiger partial charge in [0, 0.05) is 11.3 Å². The quantitative estimate of drug-likeness (QED) is 0.725. The van der Waals surface area contributed by atoms with Gasteiger partial charge in [0.2, 0.25) is 5.91 Å². The molecule has 1 aromatic rings. The Balaban J connectivity index is 2.10. The Morgan fingerprint density at radius 3 is 3.00 bits per heavy atom. The molecule has 2 N–H and O–H groups in total. The highest BCUT2D eigenvalue weighted by Gasteiger charge is 2.29. The van der Waals surface area contributed by atoms with Crippen molar-refractivity contribution in [2.75, 3.05) is 19.0 Å². The van der Waals surface area contributed by atoms with E-state index in [-0.39, 0.29) is 12.5 Å². The fourth-order valence-electron chi connectivity index (χ4n) is 1.67. The van der Waals surface area contributed by atoms with Crippen LogP contribution < -0.4 is 10.6 Å². The van der Waals surface area contributed by atoms with Crippen molar-refractivity contribution in [1.82, 2.24) is 5.32 Å². The van der Waals surface area contributed by atoms with Gasteiger partial charge in [-0.25, -0.2) is 0 Å². The molecule has 1 atom stereocenters. The normalized spacial score (nSPS) is 17.8. The Hall–Kier alpha value is -1.88. The van der Waals surface area contributed by atoms with Crippen molar-refractivity contribution < 1.29 is 14.3 Å². The lowest BCUT2D eigenvalue weighted by Gasteiger charge is -2.09. The molecular formula is C11H12N2O3. The van der Waals surface area contributed by atoms with Crippen molar-refractivity contribution in [2.45, 2.75) is 6.04 Å². The topological polar surface area (TPSA) is 67.4 Å². The second-order valence-corrected chi connectivity index (χ2v) is 3.47. The number of carbonyl (C=O) groups excluding carboxylic acids is 2. The maximum Gasteiger partial charge on any atom is 0.319 e. The van der Waals surface area contributed by atoms with Crippen LogP contribution in [0.3, 0.4) is 0 Å². The molecule has 1 unspecified atom stereocenters. The summed E-state index contributed by atoms with van der Waals surface area (Å²) in [6.45, 7) is 0.0168. The van der Waals surface area contributed by atoms with Gasteiger partial charge in [-0.1, -0.05) is 18.2 Å². The number of para-hydroxylation sites is 1. The summed E-state index contributed by atoms with van der Waals surface area (Å²) in [4.78, 5) is 22.6. The monoisotopic (exact) mass is 220 g/mol. The number of anilines is 1. The molecule has 16 heavy (non-hydrogen) atoms. The van der Waals surface area contributed by atoms with Gasteiger partial charge in [-0.3, -0.25) is 14.9 Å². The first-order valence-corrected chi connectivity index (χ1v) is 4.92. The second kappa shape index (κ2) is 4.32. The number of amides is 1. The summed E-state index contributed by atoms with van der Waals surface area (Å²) < 4.78 is 4.50. The summed E-state index contributed by atoms with van der Waals surface area (Å²) in [5, 5.41) is 5.59. The van der Waals surface area contributed by atoms with Gasteiger partial charge < -0.3 is 10.1 Å². The van der Waals surface area contributed by atoms with Gasteiger partial charge in [-0.2, -0.15) is 0 Å². The zero-order valence-electron chi connectivity index (χ0n) is 8.82. The number of carbonyl (C=O) groups is 2. The van der Waals surface area contributed by atoms with E-state index in [0.29, 0.717) is 0 Å². The first kappa shape index (κ1) is 10.6. The predicted molar refractivity (Wildman–Crippen MR) is 57.8 cm³/mol. The van der Waals surface area contributed by atoms with Gasteiger partial charge in [-0.15, -0.1) is 0 Å². The highest BCUT2D eigenvalue weighted by Crippen LogP contribution is 2.29. The van der Waals surface area contributed by atoms with Crippen LogP contribution in [0.5, 0.6) is 0 Å². The molecule has 2 rings (SSSR count). The molecule has 0 saturated heterocycles. The maximum absolute atomic E-state index is 11.6. The number of rotatable bonds is 3. The van der Waals surface area contributed by atoms with E-state index in [4.69, 9.17) is 0 Å². The van der Waals surface area contributed by atoms with E-state index >= 15 is 0 Å². The van der Waals surface area contributed by atoms with E-state index in [1.165, 1.54) is 7.11 Å². The van der Waals surface area contributed by atoms with Crippen molar-refractivity contribution in [2.24, 2.45) is 0 Å². The molecule has 0 aliphatic carbocycles. The number of esters is 1. The lowest BCUT2D eigenvalue weighted by Crippen LogP contribution is -2.32. The fourth-order valence-corrected chi connectivity index (χ4v) is 1.67. The SMILES string of the molecule is COC(=O)CNC1C(=O)Nc2ccccc21. The first-order valence-electron chi connectivity index (χ1n) is 4.92. The zero-order chi connectivity index (χ0) is 11.5. The molecule has 1 aromatic carbocycles. The molecule has 1 aliphatic heterocycles. The lowest BCUT2D eigenvalue weighted by molar-refractivity contribution is -0.139. The van der Waals surface area contributed by atoms with Gasteiger partial charge in [-0.05, 0) is 6.07 Å². The maximum atomic E-state index is 11.6. The van der Waals surface area contributed by atoms with Crippen LogP contribution >= 0.6 is 0 Å². The van der Waals surface area contributed by atoms with Crippen LogP contribution in [0.25, 0.3) is 0 Å². The van der Waals surface area contributed by atoms with Gasteiger partial charge in [0.1, 0.15) is 6.04 Å². The Morgan fingerprint density at radius 1 is 1.50 bits per heavy atom. The van der Waals surface area contributed by atoms with Crippen molar-refractivity contribution in [3.63, 3.8) is 0 Å². The lowest BCUT2D eigenvalue weighted by atomic mass is 10.1. The van der Waals surface area contributed by atoms with E-state index in [1.54, 1.807) is 0 Å². The third kappa shape index (κ3) is 1.90. The molecule has 1 heterocycles. The molecule has 0 bridgehead atoms. The molecule has 0 radical (unpaired) electrons. The first-order chi connectivity index (χ1) is 7.72. The minimum absolute atomic E-state index is 0.0168. The number of nitrogens with one attached hydrogen (secondary N) is 2. The molecule has 5 nitrogen and oxygen atoms in total. The molecule has 1 aliphatic rings. The fraction of sp³-hybridized carbons (Fsp3) is 0.273. The third-order valence-electron chi connectivity index (χ3n) is 2.47. The zero-order valence-corrected chi connectivity index (χ0v) is 8.82. The second-order valence-electron chi connectivity index (χ2n) is 3.47. The van der Waals surface area contributed by atoms with E-state index < -0.39 is 12.0 Å². The Kier molecular flexibility index (Phi) is 2.87. The predicted octanol–water partition coefficient (Wildman–Crippen LogP) is 0.442. The van der Waals surface area contributed by atoms with Gasteiger partial charge >= 0.3 is 5.97 Å². The summed E-state index contributed by atoms with van der Waals surface area (Å²) in [7, 11) is 1.31. The van der Waals surface area contributed by atoms with Crippen LogP contribution in [0.4, 0.5) is 5.69 Å². The average molecular weight is 220 g/mol. The summed E-state index contributed by atoms with van der Waals surface area (Å²) in [5.74, 6) is -0.540. The van der Waals surface area contributed by atoms with E-state index in [1.807, 2.05) is 24.3 Å².